The molecular weight excluding hydrogens is 396 g/mol. The molecule has 1 aromatic heterocycles. The van der Waals surface area contributed by atoms with Crippen LogP contribution >= 0.6 is 0 Å². The van der Waals surface area contributed by atoms with Gasteiger partial charge in [0.2, 0.25) is 5.43 Å². The Kier molecular flexibility index (Phi) is 6.11. The maximum Gasteiger partial charge on any atom is 0.200 e. The predicted molar refractivity (Wildman–Crippen MR) is 122 cm³/mol. The first kappa shape index (κ1) is 22.0. The van der Waals surface area contributed by atoms with Gasteiger partial charge >= 0.3 is 0 Å². The molecule has 0 fully saturated rings. The minimum Gasteiger partial charge on any atom is -0.508 e. The summed E-state index contributed by atoms with van der Waals surface area (Å²) in [6, 6.07) is 5.25. The Balaban J connectivity index is 2.39. The maximum absolute atomic E-state index is 13.4. The first-order chi connectivity index (χ1) is 14.6. The largest absolute Gasteiger partial charge is 0.508 e. The van der Waals surface area contributed by atoms with Crippen molar-refractivity contribution in [3.05, 3.63) is 63.3 Å². The third-order valence-corrected chi connectivity index (χ3v) is 4.86. The van der Waals surface area contributed by atoms with Gasteiger partial charge in [0.25, 0.3) is 0 Å². The van der Waals surface area contributed by atoms with Crippen molar-refractivity contribution in [2.75, 3.05) is 0 Å². The molecule has 0 saturated carbocycles. The number of hydrogen-bond acceptors (Lipinski definition) is 6. The molecule has 1 heterocycles. The summed E-state index contributed by atoms with van der Waals surface area (Å²) < 4.78 is 5.94. The maximum atomic E-state index is 13.4. The van der Waals surface area contributed by atoms with Crippen molar-refractivity contribution in [2.24, 2.45) is 5.92 Å². The summed E-state index contributed by atoms with van der Waals surface area (Å²) in [5.41, 5.74) is 1.12. The lowest BCUT2D eigenvalue weighted by Crippen LogP contribution is -2.11. The molecule has 6 nitrogen and oxygen atoms in total. The zero-order valence-electron chi connectivity index (χ0n) is 17.9. The Bertz CT molecular complexity index is 1260. The second-order valence-corrected chi connectivity index (χ2v) is 8.06. The average molecular weight is 422 g/mol. The van der Waals surface area contributed by atoms with E-state index in [1.807, 2.05) is 33.8 Å². The molecule has 2 aromatic carbocycles. The number of aromatic hydroxyl groups is 4. The molecule has 0 radical (unpaired) electrons. The van der Waals surface area contributed by atoms with Crippen LogP contribution in [0.2, 0.25) is 0 Å². The number of phenols is 4. The number of rotatable bonds is 5. The van der Waals surface area contributed by atoms with Crippen LogP contribution in [-0.4, -0.2) is 20.4 Å². The highest BCUT2D eigenvalue weighted by atomic mass is 16.3. The molecule has 0 unspecified atom stereocenters. The van der Waals surface area contributed by atoms with Gasteiger partial charge in [-0.2, -0.15) is 0 Å². The van der Waals surface area contributed by atoms with Gasteiger partial charge < -0.3 is 24.8 Å². The molecule has 6 heteroatoms. The van der Waals surface area contributed by atoms with E-state index in [0.717, 1.165) is 11.6 Å². The highest BCUT2D eigenvalue weighted by Gasteiger charge is 2.22. The van der Waals surface area contributed by atoms with Crippen molar-refractivity contribution in [3.8, 4) is 34.3 Å². The van der Waals surface area contributed by atoms with E-state index in [4.69, 9.17) is 4.42 Å². The second-order valence-electron chi connectivity index (χ2n) is 8.06. The van der Waals surface area contributed by atoms with Gasteiger partial charge in [-0.25, -0.2) is 0 Å². The Morgan fingerprint density at radius 2 is 1.77 bits per heavy atom. The van der Waals surface area contributed by atoms with Crippen molar-refractivity contribution < 1.29 is 24.8 Å². The van der Waals surface area contributed by atoms with Gasteiger partial charge in [0.15, 0.2) is 0 Å². The van der Waals surface area contributed by atoms with Crippen LogP contribution in [0.3, 0.4) is 0 Å². The second kappa shape index (κ2) is 8.60. The van der Waals surface area contributed by atoms with Crippen molar-refractivity contribution in [3.63, 3.8) is 0 Å². The minimum atomic E-state index is -0.460. The fourth-order valence-corrected chi connectivity index (χ4v) is 3.25. The van der Waals surface area contributed by atoms with E-state index >= 15 is 0 Å². The van der Waals surface area contributed by atoms with Gasteiger partial charge in [-0.05, 0) is 38.3 Å². The van der Waals surface area contributed by atoms with Crippen molar-refractivity contribution in [2.45, 2.75) is 34.1 Å². The van der Waals surface area contributed by atoms with E-state index < -0.39 is 5.43 Å². The highest BCUT2D eigenvalue weighted by molar-refractivity contribution is 5.92. The molecule has 4 N–H and O–H groups in total. The number of allylic oxidation sites excluding steroid dienone is 3. The SMILES string of the molecule is CC(C)=CCc1c(-c2ccc(O)cc2O)oc2cc(O)c(C=CC(C)C)c(O)c2c1=O. The zero-order valence-corrected chi connectivity index (χ0v) is 17.9. The lowest BCUT2D eigenvalue weighted by Gasteiger charge is -2.13. The number of hydrogen-bond donors (Lipinski definition) is 4. The summed E-state index contributed by atoms with van der Waals surface area (Å²) in [6.45, 7) is 7.69. The summed E-state index contributed by atoms with van der Waals surface area (Å²) in [5.74, 6) is -0.697. The summed E-state index contributed by atoms with van der Waals surface area (Å²) in [5, 5.41) is 41.1. The van der Waals surface area contributed by atoms with E-state index in [9.17, 15) is 25.2 Å². The molecule has 0 bridgehead atoms. The lowest BCUT2D eigenvalue weighted by molar-refractivity contribution is 0.448. The van der Waals surface area contributed by atoms with Crippen LogP contribution in [0.25, 0.3) is 28.4 Å². The zero-order chi connectivity index (χ0) is 22.9. The smallest absolute Gasteiger partial charge is 0.200 e. The summed E-state index contributed by atoms with van der Waals surface area (Å²) in [7, 11) is 0. The standard InChI is InChI=1S/C25H26O6/c1-13(2)5-8-16-20(28)12-21-22(23(16)29)24(30)18(9-6-14(3)4)25(31-21)17-10-7-15(26)11-19(17)27/h5-8,10-13,26-29H,9H2,1-4H3. The summed E-state index contributed by atoms with van der Waals surface area (Å²) in [4.78, 5) is 13.4. The van der Waals surface area contributed by atoms with Crippen LogP contribution in [0.15, 0.2) is 51.2 Å². The topological polar surface area (TPSA) is 111 Å². The van der Waals surface area contributed by atoms with E-state index in [2.05, 4.69) is 0 Å². The van der Waals surface area contributed by atoms with Crippen LogP contribution in [0.1, 0.15) is 38.8 Å². The quantitative estimate of drug-likeness (QED) is 0.406. The van der Waals surface area contributed by atoms with Gasteiger partial charge in [0, 0.05) is 17.7 Å². The fourth-order valence-electron chi connectivity index (χ4n) is 3.25. The Morgan fingerprint density at radius 1 is 1.06 bits per heavy atom. The van der Waals surface area contributed by atoms with Crippen LogP contribution < -0.4 is 5.43 Å². The molecule has 0 aliphatic carbocycles. The molecule has 3 rings (SSSR count). The summed E-state index contributed by atoms with van der Waals surface area (Å²) in [6.07, 6.45) is 5.43. The third kappa shape index (κ3) is 4.43. The third-order valence-electron chi connectivity index (χ3n) is 4.86. The van der Waals surface area contributed by atoms with Crippen LogP contribution in [0.5, 0.6) is 23.0 Å². The van der Waals surface area contributed by atoms with Crippen molar-refractivity contribution >= 4 is 17.0 Å². The molecule has 0 spiro atoms. The Hall–Kier alpha value is -3.67. The van der Waals surface area contributed by atoms with E-state index in [0.29, 0.717) is 0 Å². The molecule has 0 aliphatic rings. The van der Waals surface area contributed by atoms with Gasteiger partial charge in [0.05, 0.1) is 11.1 Å². The number of fused-ring (bicyclic) bond motifs is 1. The van der Waals surface area contributed by atoms with Crippen LogP contribution in [-0.2, 0) is 6.42 Å². The molecule has 0 atom stereocenters. The number of benzene rings is 2. The molecular formula is C25H26O6. The Labute approximate surface area is 180 Å². The molecule has 0 aliphatic heterocycles. The fraction of sp³-hybridized carbons (Fsp3) is 0.240. The molecule has 0 amide bonds. The molecule has 3 aromatic rings. The van der Waals surface area contributed by atoms with Crippen LogP contribution in [0, 0.1) is 5.92 Å². The first-order valence-corrected chi connectivity index (χ1v) is 9.98. The molecule has 0 saturated heterocycles. The van der Waals surface area contributed by atoms with Crippen LogP contribution in [0.4, 0.5) is 0 Å². The van der Waals surface area contributed by atoms with Crippen molar-refractivity contribution in [1.29, 1.82) is 0 Å². The minimum absolute atomic E-state index is 0.00915. The highest BCUT2D eigenvalue weighted by Crippen LogP contribution is 2.40. The monoisotopic (exact) mass is 422 g/mol. The van der Waals surface area contributed by atoms with Gasteiger partial charge in [-0.3, -0.25) is 4.79 Å². The van der Waals surface area contributed by atoms with E-state index in [1.165, 1.54) is 18.2 Å². The van der Waals surface area contributed by atoms with Gasteiger partial charge in [0.1, 0.15) is 39.7 Å². The predicted octanol–water partition coefficient (Wildman–Crippen LogP) is 5.46. The van der Waals surface area contributed by atoms with Gasteiger partial charge in [-0.15, -0.1) is 0 Å². The molecule has 162 valence electrons. The number of phenolic OH excluding ortho intramolecular Hbond substituents is 4. The lowest BCUT2D eigenvalue weighted by atomic mass is 9.98. The van der Waals surface area contributed by atoms with Gasteiger partial charge in [-0.1, -0.05) is 37.6 Å². The van der Waals surface area contributed by atoms with Crippen molar-refractivity contribution in [1.82, 2.24) is 0 Å². The van der Waals surface area contributed by atoms with E-state index in [-0.39, 0.29) is 68.8 Å². The molecule has 31 heavy (non-hydrogen) atoms. The Morgan fingerprint density at radius 3 is 2.39 bits per heavy atom. The first-order valence-electron chi connectivity index (χ1n) is 9.98. The van der Waals surface area contributed by atoms with E-state index in [1.54, 1.807) is 12.2 Å². The normalized spacial score (nSPS) is 11.5. The summed E-state index contributed by atoms with van der Waals surface area (Å²) >= 11 is 0. The average Bonchev–Trinajstić information content (AvgIpc) is 2.66.